The molecule has 0 spiro atoms. The van der Waals surface area contributed by atoms with Crippen molar-refractivity contribution in [1.29, 1.82) is 0 Å². The van der Waals surface area contributed by atoms with Gasteiger partial charge in [-0.1, -0.05) is 11.6 Å². The summed E-state index contributed by atoms with van der Waals surface area (Å²) in [5.41, 5.74) is 0.0106. The monoisotopic (exact) mass is 200 g/mol. The smallest absolute Gasteiger partial charge is 0.385 e. The lowest BCUT2D eigenvalue weighted by Gasteiger charge is -1.96. The second-order valence-corrected chi connectivity index (χ2v) is 2.89. The summed E-state index contributed by atoms with van der Waals surface area (Å²) < 4.78 is 17.3. The Labute approximate surface area is 77.1 Å². The number of halogens is 2. The highest BCUT2D eigenvalue weighted by Crippen LogP contribution is 2.30. The van der Waals surface area contributed by atoms with E-state index in [4.69, 9.17) is 11.6 Å². The van der Waals surface area contributed by atoms with Crippen LogP contribution >= 0.6 is 11.6 Å². The first kappa shape index (κ1) is 8.19. The van der Waals surface area contributed by atoms with Gasteiger partial charge in [-0.25, -0.2) is 9.18 Å². The van der Waals surface area contributed by atoms with E-state index in [1.807, 2.05) is 0 Å². The first-order valence-corrected chi connectivity index (χ1v) is 3.73. The molecule has 5 heteroatoms. The van der Waals surface area contributed by atoms with Crippen LogP contribution in [0.2, 0.25) is 5.02 Å². The maximum atomic E-state index is 12.8. The Kier molecular flexibility index (Phi) is 1.60. The van der Waals surface area contributed by atoms with Crippen molar-refractivity contribution in [2.24, 2.45) is 0 Å². The van der Waals surface area contributed by atoms with Gasteiger partial charge in [0.05, 0.1) is 10.6 Å². The third-order valence-electron chi connectivity index (χ3n) is 1.66. The zero-order valence-corrected chi connectivity index (χ0v) is 6.89. The van der Waals surface area contributed by atoms with Crippen LogP contribution in [0, 0.1) is 5.82 Å². The van der Waals surface area contributed by atoms with Crippen molar-refractivity contribution in [1.82, 2.24) is 0 Å². The van der Waals surface area contributed by atoms with Gasteiger partial charge >= 0.3 is 5.97 Å². The van der Waals surface area contributed by atoms with Crippen molar-refractivity contribution in [3.8, 4) is 5.75 Å². The molecule has 0 aromatic heterocycles. The number of Topliss-reactive ketones (excluding diaryl/α,β-unsaturated/α-hetero) is 1. The van der Waals surface area contributed by atoms with Gasteiger partial charge in [0, 0.05) is 6.07 Å². The highest BCUT2D eigenvalue weighted by atomic mass is 35.5. The molecule has 0 fully saturated rings. The van der Waals surface area contributed by atoms with Crippen molar-refractivity contribution in [2.45, 2.75) is 0 Å². The number of hydrogen-bond acceptors (Lipinski definition) is 3. The van der Waals surface area contributed by atoms with Gasteiger partial charge in [-0.2, -0.15) is 0 Å². The molecule has 1 heterocycles. The Morgan fingerprint density at radius 3 is 2.69 bits per heavy atom. The van der Waals surface area contributed by atoms with Crippen molar-refractivity contribution in [3.05, 3.63) is 28.5 Å². The van der Waals surface area contributed by atoms with Gasteiger partial charge < -0.3 is 4.74 Å². The van der Waals surface area contributed by atoms with Crippen molar-refractivity contribution < 1.29 is 18.7 Å². The fourth-order valence-electron chi connectivity index (χ4n) is 1.05. The molecule has 2 rings (SSSR count). The number of rotatable bonds is 0. The van der Waals surface area contributed by atoms with Crippen LogP contribution in [0.3, 0.4) is 0 Å². The summed E-state index contributed by atoms with van der Waals surface area (Å²) in [4.78, 5) is 21.7. The third kappa shape index (κ3) is 1.10. The number of carbonyl (C=O) groups excluding carboxylic acids is 2. The number of ether oxygens (including phenoxy) is 1. The Morgan fingerprint density at radius 2 is 2.00 bits per heavy atom. The maximum absolute atomic E-state index is 12.8. The number of ketones is 1. The molecule has 1 aromatic carbocycles. The van der Waals surface area contributed by atoms with Crippen LogP contribution in [0.1, 0.15) is 10.4 Å². The van der Waals surface area contributed by atoms with Crippen LogP contribution in [0.15, 0.2) is 12.1 Å². The van der Waals surface area contributed by atoms with E-state index in [1.54, 1.807) is 0 Å². The molecular weight excluding hydrogens is 199 g/mol. The summed E-state index contributed by atoms with van der Waals surface area (Å²) in [6, 6.07) is 2.00. The molecule has 0 amide bonds. The second-order valence-electron chi connectivity index (χ2n) is 2.48. The Bertz CT molecular complexity index is 428. The van der Waals surface area contributed by atoms with Crippen LogP contribution in [0.5, 0.6) is 5.75 Å². The Hall–Kier alpha value is -1.42. The Balaban J connectivity index is 2.66. The van der Waals surface area contributed by atoms with Gasteiger partial charge in [-0.05, 0) is 6.07 Å². The lowest BCUT2D eigenvalue weighted by molar-refractivity contribution is -0.128. The van der Waals surface area contributed by atoms with Gasteiger partial charge in [-0.3, -0.25) is 4.79 Å². The Morgan fingerprint density at radius 1 is 1.31 bits per heavy atom. The number of carbonyl (C=O) groups is 2. The average molecular weight is 201 g/mol. The van der Waals surface area contributed by atoms with E-state index in [2.05, 4.69) is 4.74 Å². The molecule has 1 aliphatic heterocycles. The summed E-state index contributed by atoms with van der Waals surface area (Å²) in [6.07, 6.45) is 0. The van der Waals surface area contributed by atoms with Gasteiger partial charge in [-0.15, -0.1) is 0 Å². The van der Waals surface area contributed by atoms with Gasteiger partial charge in [0.2, 0.25) is 0 Å². The molecule has 0 atom stereocenters. The minimum atomic E-state index is -1.00. The average Bonchev–Trinajstić information content (AvgIpc) is 2.32. The summed E-state index contributed by atoms with van der Waals surface area (Å²) in [5.74, 6) is -2.59. The van der Waals surface area contributed by atoms with E-state index in [-0.39, 0.29) is 16.3 Å². The fraction of sp³-hybridized carbons (Fsp3) is 0. The number of esters is 1. The van der Waals surface area contributed by atoms with E-state index >= 15 is 0 Å². The first-order chi connectivity index (χ1) is 6.09. The van der Waals surface area contributed by atoms with Crippen LogP contribution < -0.4 is 4.74 Å². The summed E-state index contributed by atoms with van der Waals surface area (Å²) in [7, 11) is 0. The quantitative estimate of drug-likeness (QED) is 0.363. The van der Waals surface area contributed by atoms with Crippen LogP contribution in [-0.4, -0.2) is 11.8 Å². The zero-order chi connectivity index (χ0) is 9.59. The third-order valence-corrected chi connectivity index (χ3v) is 1.94. The number of hydrogen-bond donors (Lipinski definition) is 0. The molecular formula is C8H2ClFO3. The second kappa shape index (κ2) is 2.53. The van der Waals surface area contributed by atoms with E-state index in [0.29, 0.717) is 0 Å². The summed E-state index contributed by atoms with van der Waals surface area (Å²) in [5, 5.41) is -0.203. The maximum Gasteiger partial charge on any atom is 0.385 e. The highest BCUT2D eigenvalue weighted by molar-refractivity contribution is 6.45. The van der Waals surface area contributed by atoms with Crippen molar-refractivity contribution in [3.63, 3.8) is 0 Å². The van der Waals surface area contributed by atoms with E-state index in [1.165, 1.54) is 0 Å². The largest absolute Gasteiger partial charge is 0.420 e. The van der Waals surface area contributed by atoms with E-state index < -0.39 is 17.6 Å². The fourth-order valence-corrected chi connectivity index (χ4v) is 1.21. The van der Waals surface area contributed by atoms with E-state index in [0.717, 1.165) is 12.1 Å². The van der Waals surface area contributed by atoms with Crippen molar-refractivity contribution in [2.75, 3.05) is 0 Å². The molecule has 3 nitrogen and oxygen atoms in total. The predicted octanol–water partition coefficient (Wildman–Crippen LogP) is 1.58. The SMILES string of the molecule is O=C1Oc2cc(F)c(Cl)cc2C1=O. The topological polar surface area (TPSA) is 43.4 Å². The summed E-state index contributed by atoms with van der Waals surface area (Å²) in [6.45, 7) is 0. The van der Waals surface area contributed by atoms with Gasteiger partial charge in [0.1, 0.15) is 11.6 Å². The summed E-state index contributed by atoms with van der Waals surface area (Å²) >= 11 is 5.41. The molecule has 0 N–H and O–H groups in total. The van der Waals surface area contributed by atoms with Crippen LogP contribution in [0.4, 0.5) is 4.39 Å². The molecule has 0 bridgehead atoms. The molecule has 0 saturated carbocycles. The first-order valence-electron chi connectivity index (χ1n) is 3.35. The minimum Gasteiger partial charge on any atom is -0.420 e. The molecule has 0 radical (unpaired) electrons. The molecule has 0 saturated heterocycles. The molecule has 0 unspecified atom stereocenters. The molecule has 1 aliphatic rings. The van der Waals surface area contributed by atoms with E-state index in [9.17, 15) is 14.0 Å². The zero-order valence-electron chi connectivity index (χ0n) is 6.14. The van der Waals surface area contributed by atoms with Gasteiger partial charge in [0.25, 0.3) is 5.78 Å². The van der Waals surface area contributed by atoms with Crippen LogP contribution in [-0.2, 0) is 4.79 Å². The number of fused-ring (bicyclic) bond motifs is 1. The van der Waals surface area contributed by atoms with Gasteiger partial charge in [0.15, 0.2) is 0 Å². The number of benzene rings is 1. The molecule has 1 aromatic rings. The molecule has 13 heavy (non-hydrogen) atoms. The molecule has 0 aliphatic carbocycles. The normalized spacial score (nSPS) is 14.3. The van der Waals surface area contributed by atoms with Crippen LogP contribution in [0.25, 0.3) is 0 Å². The highest BCUT2D eigenvalue weighted by Gasteiger charge is 2.31. The lowest BCUT2D eigenvalue weighted by Crippen LogP contribution is -2.10. The minimum absolute atomic E-state index is 0.0106. The lowest BCUT2D eigenvalue weighted by atomic mass is 10.1. The standard InChI is InChI=1S/C8H2ClFO3/c9-4-1-3-6(2-5(4)10)13-8(12)7(3)11/h1-2H. The molecule has 66 valence electrons. The predicted molar refractivity (Wildman–Crippen MR) is 41.4 cm³/mol. The van der Waals surface area contributed by atoms with Crippen molar-refractivity contribution >= 4 is 23.4 Å².